The Morgan fingerprint density at radius 2 is 1.58 bits per heavy atom. The number of carbonyl (C=O) groups is 1. The predicted molar refractivity (Wildman–Crippen MR) is 103 cm³/mol. The lowest BCUT2D eigenvalue weighted by molar-refractivity contribution is 0.0977. The van der Waals surface area contributed by atoms with Crippen molar-refractivity contribution in [2.45, 2.75) is 0 Å². The van der Waals surface area contributed by atoms with Gasteiger partial charge in [0.15, 0.2) is 16.6 Å². The van der Waals surface area contributed by atoms with Crippen LogP contribution in [-0.2, 0) is 0 Å². The Labute approximate surface area is 157 Å². The summed E-state index contributed by atoms with van der Waals surface area (Å²) < 4.78 is 20.9. The Balaban J connectivity index is 2.14. The summed E-state index contributed by atoms with van der Waals surface area (Å²) in [5.41, 5.74) is 1.01. The van der Waals surface area contributed by atoms with Crippen LogP contribution in [0.4, 0.5) is 5.69 Å². The number of methoxy groups -OCH3 is 4. The monoisotopic (exact) mass is 376 g/mol. The van der Waals surface area contributed by atoms with Gasteiger partial charge in [0.2, 0.25) is 5.75 Å². The van der Waals surface area contributed by atoms with Gasteiger partial charge in [0.05, 0.1) is 28.4 Å². The molecule has 0 atom stereocenters. The third-order valence-electron chi connectivity index (χ3n) is 3.48. The zero-order chi connectivity index (χ0) is 19.1. The van der Waals surface area contributed by atoms with E-state index in [4.69, 9.17) is 31.2 Å². The average Bonchev–Trinajstić information content (AvgIpc) is 2.66. The molecule has 0 aliphatic carbocycles. The van der Waals surface area contributed by atoms with Crippen LogP contribution in [0.3, 0.4) is 0 Å². The smallest absolute Gasteiger partial charge is 0.257 e. The standard InChI is InChI=1S/C18H20N2O5S/c1-22-13-7-5-6-12(10-13)19-18(26)20-17(21)11-8-14(23-2)16(25-4)15(9-11)24-3/h5-10H,1-4H3,(H2,19,20,21,26). The summed E-state index contributed by atoms with van der Waals surface area (Å²) in [6.45, 7) is 0. The van der Waals surface area contributed by atoms with Crippen LogP contribution >= 0.6 is 12.2 Å². The maximum atomic E-state index is 12.5. The molecule has 0 unspecified atom stereocenters. The number of ether oxygens (including phenoxy) is 4. The third-order valence-corrected chi connectivity index (χ3v) is 3.69. The fourth-order valence-electron chi connectivity index (χ4n) is 2.25. The molecule has 0 aromatic heterocycles. The summed E-state index contributed by atoms with van der Waals surface area (Å²) in [5, 5.41) is 5.69. The van der Waals surface area contributed by atoms with Crippen molar-refractivity contribution >= 4 is 28.9 Å². The SMILES string of the molecule is COc1cccc(NC(=S)NC(=O)c2cc(OC)c(OC)c(OC)c2)c1. The van der Waals surface area contributed by atoms with Gasteiger partial charge in [-0.15, -0.1) is 0 Å². The number of hydrogen-bond acceptors (Lipinski definition) is 6. The number of rotatable bonds is 6. The molecule has 0 aliphatic rings. The van der Waals surface area contributed by atoms with Crippen molar-refractivity contribution < 1.29 is 23.7 Å². The molecule has 0 fully saturated rings. The molecule has 0 saturated heterocycles. The second-order valence-corrected chi connectivity index (χ2v) is 5.46. The van der Waals surface area contributed by atoms with Crippen LogP contribution in [0.2, 0.25) is 0 Å². The second kappa shape index (κ2) is 8.91. The first-order valence-corrected chi connectivity index (χ1v) is 7.99. The summed E-state index contributed by atoms with van der Waals surface area (Å²) in [4.78, 5) is 12.5. The van der Waals surface area contributed by atoms with E-state index in [0.29, 0.717) is 34.2 Å². The summed E-state index contributed by atoms with van der Waals surface area (Å²) in [5.74, 6) is 1.43. The molecular formula is C18H20N2O5S. The maximum absolute atomic E-state index is 12.5. The fraction of sp³-hybridized carbons (Fsp3) is 0.222. The number of hydrogen-bond donors (Lipinski definition) is 2. The minimum atomic E-state index is -0.412. The van der Waals surface area contributed by atoms with Crippen LogP contribution in [0.25, 0.3) is 0 Å². The molecule has 0 saturated carbocycles. The zero-order valence-electron chi connectivity index (χ0n) is 14.9. The quantitative estimate of drug-likeness (QED) is 0.751. The molecule has 0 heterocycles. The van der Waals surface area contributed by atoms with Gasteiger partial charge in [0.1, 0.15) is 5.75 Å². The highest BCUT2D eigenvalue weighted by molar-refractivity contribution is 7.80. The molecular weight excluding hydrogens is 356 g/mol. The molecule has 2 aromatic carbocycles. The van der Waals surface area contributed by atoms with Crippen LogP contribution in [0, 0.1) is 0 Å². The van der Waals surface area contributed by atoms with E-state index in [1.54, 1.807) is 31.4 Å². The highest BCUT2D eigenvalue weighted by atomic mass is 32.1. The molecule has 7 nitrogen and oxygen atoms in total. The molecule has 2 rings (SSSR count). The van der Waals surface area contributed by atoms with E-state index in [1.165, 1.54) is 21.3 Å². The molecule has 1 amide bonds. The van der Waals surface area contributed by atoms with E-state index in [-0.39, 0.29) is 5.11 Å². The maximum Gasteiger partial charge on any atom is 0.257 e. The lowest BCUT2D eigenvalue weighted by atomic mass is 10.1. The van der Waals surface area contributed by atoms with Crippen molar-refractivity contribution in [3.63, 3.8) is 0 Å². The summed E-state index contributed by atoms with van der Waals surface area (Å²) in [6.07, 6.45) is 0. The highest BCUT2D eigenvalue weighted by Crippen LogP contribution is 2.38. The van der Waals surface area contributed by atoms with Crippen molar-refractivity contribution in [2.24, 2.45) is 0 Å². The summed E-state index contributed by atoms with van der Waals surface area (Å²) in [6, 6.07) is 10.3. The molecule has 2 aromatic rings. The zero-order valence-corrected chi connectivity index (χ0v) is 15.7. The van der Waals surface area contributed by atoms with Crippen LogP contribution in [0.5, 0.6) is 23.0 Å². The first-order valence-electron chi connectivity index (χ1n) is 7.58. The van der Waals surface area contributed by atoms with Gasteiger partial charge in [0, 0.05) is 17.3 Å². The number of thiocarbonyl (C=S) groups is 1. The molecule has 26 heavy (non-hydrogen) atoms. The molecule has 0 spiro atoms. The van der Waals surface area contributed by atoms with E-state index in [0.717, 1.165) is 0 Å². The van der Waals surface area contributed by atoms with E-state index >= 15 is 0 Å². The average molecular weight is 376 g/mol. The lowest BCUT2D eigenvalue weighted by Crippen LogP contribution is -2.34. The Bertz CT molecular complexity index is 785. The van der Waals surface area contributed by atoms with Gasteiger partial charge in [-0.25, -0.2) is 0 Å². The normalized spacial score (nSPS) is 9.85. The van der Waals surface area contributed by atoms with E-state index in [9.17, 15) is 4.79 Å². The van der Waals surface area contributed by atoms with Crippen molar-refractivity contribution in [1.29, 1.82) is 0 Å². The summed E-state index contributed by atoms with van der Waals surface area (Å²) in [7, 11) is 6.03. The summed E-state index contributed by atoms with van der Waals surface area (Å²) >= 11 is 5.19. The first-order chi connectivity index (χ1) is 12.5. The van der Waals surface area contributed by atoms with E-state index in [1.807, 2.05) is 12.1 Å². The number of benzene rings is 2. The number of amides is 1. The van der Waals surface area contributed by atoms with Crippen LogP contribution < -0.4 is 29.6 Å². The molecule has 138 valence electrons. The topological polar surface area (TPSA) is 78.1 Å². The van der Waals surface area contributed by atoms with E-state index in [2.05, 4.69) is 10.6 Å². The van der Waals surface area contributed by atoms with Gasteiger partial charge >= 0.3 is 0 Å². The van der Waals surface area contributed by atoms with Crippen LogP contribution in [-0.4, -0.2) is 39.5 Å². The van der Waals surface area contributed by atoms with Gasteiger partial charge < -0.3 is 24.3 Å². The van der Waals surface area contributed by atoms with Gasteiger partial charge in [-0.05, 0) is 36.5 Å². The Morgan fingerprint density at radius 1 is 0.923 bits per heavy atom. The third kappa shape index (κ3) is 4.54. The first kappa shape index (κ1) is 19.3. The Kier molecular flexibility index (Phi) is 6.62. The van der Waals surface area contributed by atoms with Crippen molar-refractivity contribution in [3.05, 3.63) is 42.0 Å². The lowest BCUT2D eigenvalue weighted by Gasteiger charge is -2.14. The molecule has 0 radical (unpaired) electrons. The highest BCUT2D eigenvalue weighted by Gasteiger charge is 2.17. The van der Waals surface area contributed by atoms with Crippen LogP contribution in [0.1, 0.15) is 10.4 Å². The predicted octanol–water partition coefficient (Wildman–Crippen LogP) is 2.85. The van der Waals surface area contributed by atoms with E-state index < -0.39 is 5.91 Å². The van der Waals surface area contributed by atoms with Gasteiger partial charge in [0.25, 0.3) is 5.91 Å². The molecule has 0 aliphatic heterocycles. The van der Waals surface area contributed by atoms with Gasteiger partial charge in [-0.1, -0.05) is 6.07 Å². The minimum Gasteiger partial charge on any atom is -0.497 e. The molecule has 8 heteroatoms. The molecule has 2 N–H and O–H groups in total. The van der Waals surface area contributed by atoms with Crippen molar-refractivity contribution in [2.75, 3.05) is 33.8 Å². The Hall–Kier alpha value is -3.00. The Morgan fingerprint density at radius 3 is 2.12 bits per heavy atom. The van der Waals surface area contributed by atoms with Crippen LogP contribution in [0.15, 0.2) is 36.4 Å². The van der Waals surface area contributed by atoms with Crippen molar-refractivity contribution in [3.8, 4) is 23.0 Å². The number of nitrogens with one attached hydrogen (secondary N) is 2. The fourth-order valence-corrected chi connectivity index (χ4v) is 2.46. The second-order valence-electron chi connectivity index (χ2n) is 5.05. The minimum absolute atomic E-state index is 0.150. The van der Waals surface area contributed by atoms with Gasteiger partial charge in [-0.3, -0.25) is 10.1 Å². The van der Waals surface area contributed by atoms with Gasteiger partial charge in [-0.2, -0.15) is 0 Å². The number of carbonyl (C=O) groups excluding carboxylic acids is 1. The van der Waals surface area contributed by atoms with Crippen molar-refractivity contribution in [1.82, 2.24) is 5.32 Å². The number of anilines is 1. The largest absolute Gasteiger partial charge is 0.497 e. The molecule has 0 bridgehead atoms.